The summed E-state index contributed by atoms with van der Waals surface area (Å²) in [6, 6.07) is 18.9. The fourth-order valence-corrected chi connectivity index (χ4v) is 30.1. The molecule has 1 saturated carbocycles. The Balaban J connectivity index is 0.00000122. The molecule has 2 aromatic carbocycles. The minimum atomic E-state index is -2.70. The summed E-state index contributed by atoms with van der Waals surface area (Å²) in [6.45, 7) is 9.79. The van der Waals surface area contributed by atoms with Gasteiger partial charge in [-0.3, -0.25) is 0 Å². The van der Waals surface area contributed by atoms with E-state index >= 15 is 0 Å². The van der Waals surface area contributed by atoms with E-state index in [4.69, 9.17) is 0 Å². The van der Waals surface area contributed by atoms with Gasteiger partial charge in [0, 0.05) is 0 Å². The van der Waals surface area contributed by atoms with E-state index in [9.17, 15) is 0 Å². The van der Waals surface area contributed by atoms with E-state index in [-0.39, 0.29) is 30.2 Å². The van der Waals surface area contributed by atoms with Crippen LogP contribution in [0.2, 0.25) is 7.25 Å². The van der Waals surface area contributed by atoms with Crippen molar-refractivity contribution in [1.82, 2.24) is 0 Å². The van der Waals surface area contributed by atoms with Crippen molar-refractivity contribution in [3.05, 3.63) is 80.2 Å². The van der Waals surface area contributed by atoms with E-state index < -0.39 is 20.3 Å². The Labute approximate surface area is 211 Å². The van der Waals surface area contributed by atoms with Gasteiger partial charge in [0.25, 0.3) is 0 Å². The molecule has 0 radical (unpaired) electrons. The molecule has 0 nitrogen and oxygen atoms in total. The monoisotopic (exact) mass is 542 g/mol. The first-order chi connectivity index (χ1) is 14.5. The van der Waals surface area contributed by atoms with Crippen molar-refractivity contribution in [3.8, 4) is 11.1 Å². The smallest absolute Gasteiger partial charge is 1.00 e. The van der Waals surface area contributed by atoms with Crippen LogP contribution in [0, 0.1) is 5.41 Å². The quantitative estimate of drug-likeness (QED) is 0.546. The zero-order chi connectivity index (χ0) is 20.7. The third-order valence-corrected chi connectivity index (χ3v) is 24.8. The minimum Gasteiger partial charge on any atom is -1.00 e. The Morgan fingerprint density at radius 3 is 1.78 bits per heavy atom. The summed E-state index contributed by atoms with van der Waals surface area (Å²) < 4.78 is 4.90. The Morgan fingerprint density at radius 2 is 1.28 bits per heavy atom. The van der Waals surface area contributed by atoms with Crippen LogP contribution in [0.3, 0.4) is 0 Å². The van der Waals surface area contributed by atoms with Crippen molar-refractivity contribution in [2.75, 3.05) is 0 Å². The first kappa shape index (κ1) is 24.5. The fraction of sp³-hybridized carbons (Fsp3) is 0.448. The van der Waals surface area contributed by atoms with Crippen molar-refractivity contribution in [2.45, 2.75) is 70.7 Å². The molecule has 32 heavy (non-hydrogen) atoms. The van der Waals surface area contributed by atoms with E-state index in [1.54, 1.807) is 33.4 Å². The number of allylic oxidation sites excluding steroid dienone is 4. The van der Waals surface area contributed by atoms with Gasteiger partial charge in [0.05, 0.1) is 0 Å². The van der Waals surface area contributed by atoms with Crippen LogP contribution in [0.1, 0.15) is 74.6 Å². The van der Waals surface area contributed by atoms with E-state index in [0.717, 1.165) is 10.9 Å². The molecular weight excluding hydrogens is 510 g/mol. The van der Waals surface area contributed by atoms with E-state index in [1.165, 1.54) is 32.1 Å². The maximum Gasteiger partial charge on any atom is -1.00 e. The summed E-state index contributed by atoms with van der Waals surface area (Å²) >= 11 is -2.70. The molecule has 2 unspecified atom stereocenters. The maximum atomic E-state index is 2.59. The Hall–Kier alpha value is -0.617. The fourth-order valence-electron chi connectivity index (χ4n) is 8.03. The van der Waals surface area contributed by atoms with E-state index in [1.807, 2.05) is 3.28 Å². The molecule has 2 atom stereocenters. The van der Waals surface area contributed by atoms with Crippen LogP contribution in [0.25, 0.3) is 11.1 Å². The molecule has 0 spiro atoms. The molecule has 0 bridgehead atoms. The van der Waals surface area contributed by atoms with Crippen molar-refractivity contribution < 1.29 is 45.1 Å². The second kappa shape index (κ2) is 8.55. The third kappa shape index (κ3) is 3.25. The molecule has 1 aliphatic heterocycles. The van der Waals surface area contributed by atoms with Gasteiger partial charge >= 0.3 is 188 Å². The molecule has 1 saturated heterocycles. The summed E-state index contributed by atoms with van der Waals surface area (Å²) in [5.74, 6) is 0. The molecule has 0 N–H and O–H groups in total. The standard InChI is InChI=1S/C13H9.C10H15.C6H10.2ClH.Zr/c1-3-7-12-10(5-1)9-11-6-2-4-8-13(11)12;1-8-6-5-7-9(8)10(2,3)4;1-2-4-6-5-3-1;;;/h1-9H;6H,5H2,1-4H3;1-2H,3-6H2;2*1H;/q;;;;;+2/p-2. The van der Waals surface area contributed by atoms with Crippen molar-refractivity contribution in [2.24, 2.45) is 5.41 Å². The summed E-state index contributed by atoms with van der Waals surface area (Å²) in [5, 5.41) is 0. The van der Waals surface area contributed by atoms with Crippen LogP contribution in [0.15, 0.2) is 69.0 Å². The molecule has 3 heteroatoms. The average Bonchev–Trinajstić information content (AvgIpc) is 3.03. The van der Waals surface area contributed by atoms with Gasteiger partial charge in [-0.05, 0) is 0 Å². The minimum absolute atomic E-state index is 0. The molecule has 3 aliphatic carbocycles. The predicted molar refractivity (Wildman–Crippen MR) is 125 cm³/mol. The van der Waals surface area contributed by atoms with Crippen LogP contribution in [0.4, 0.5) is 0 Å². The number of hydrogen-bond donors (Lipinski definition) is 0. The van der Waals surface area contributed by atoms with Gasteiger partial charge in [-0.1, -0.05) is 0 Å². The molecule has 0 aromatic heterocycles. The van der Waals surface area contributed by atoms with Gasteiger partial charge in [-0.15, -0.1) is 0 Å². The van der Waals surface area contributed by atoms with Crippen LogP contribution >= 0.6 is 0 Å². The molecule has 2 fully saturated rings. The maximum absolute atomic E-state index is 2.70. The first-order valence-corrected chi connectivity index (χ1v) is 17.5. The van der Waals surface area contributed by atoms with Gasteiger partial charge in [0.2, 0.25) is 0 Å². The largest absolute Gasteiger partial charge is 1.00 e. The van der Waals surface area contributed by atoms with Gasteiger partial charge in [-0.25, -0.2) is 0 Å². The zero-order valence-electron chi connectivity index (χ0n) is 19.7. The summed E-state index contributed by atoms with van der Waals surface area (Å²) in [4.78, 5) is 0. The van der Waals surface area contributed by atoms with Gasteiger partial charge in [0.15, 0.2) is 0 Å². The summed E-state index contributed by atoms with van der Waals surface area (Å²) in [7, 11) is 0. The Bertz CT molecular complexity index is 1050. The van der Waals surface area contributed by atoms with Gasteiger partial charge < -0.3 is 24.8 Å². The molecule has 4 aliphatic rings. The zero-order valence-corrected chi connectivity index (χ0v) is 23.7. The van der Waals surface area contributed by atoms with Crippen LogP contribution in [-0.2, 0) is 20.3 Å². The van der Waals surface area contributed by atoms with Crippen molar-refractivity contribution in [3.63, 3.8) is 0 Å². The average molecular weight is 545 g/mol. The summed E-state index contributed by atoms with van der Waals surface area (Å²) in [5.41, 5.74) is 10.1. The third-order valence-electron chi connectivity index (χ3n) is 8.78. The van der Waals surface area contributed by atoms with Gasteiger partial charge in [0.1, 0.15) is 0 Å². The van der Waals surface area contributed by atoms with Crippen molar-refractivity contribution >= 4 is 0 Å². The molecule has 2 aromatic rings. The second-order valence-electron chi connectivity index (χ2n) is 11.2. The SMILES string of the molecule is CC1=CC[C]([Zr+2]2([CH]3c4ccccc4-c4ccccc43)[CH]3CCCC[CH]32)=C1C(C)(C)C.[Cl-].[Cl-]. The van der Waals surface area contributed by atoms with E-state index in [0.29, 0.717) is 0 Å². The molecule has 6 rings (SSSR count). The second-order valence-corrected chi connectivity index (χ2v) is 22.4. The number of halogens is 2. The molecule has 0 amide bonds. The number of hydrogen-bond acceptors (Lipinski definition) is 0. The Morgan fingerprint density at radius 1 is 0.781 bits per heavy atom. The number of benzene rings is 2. The van der Waals surface area contributed by atoms with Crippen LogP contribution in [-0.4, -0.2) is 0 Å². The molecule has 168 valence electrons. The van der Waals surface area contributed by atoms with Crippen molar-refractivity contribution in [1.29, 1.82) is 0 Å². The summed E-state index contributed by atoms with van der Waals surface area (Å²) in [6.07, 6.45) is 9.83. The number of rotatable bonds is 2. The Kier molecular flexibility index (Phi) is 6.55. The molecule has 1 heterocycles. The topological polar surface area (TPSA) is 0 Å². The predicted octanol–water partition coefficient (Wildman–Crippen LogP) is 2.73. The van der Waals surface area contributed by atoms with Crippen LogP contribution in [0.5, 0.6) is 0 Å². The van der Waals surface area contributed by atoms with Gasteiger partial charge in [-0.2, -0.15) is 0 Å². The molecular formula is C29H34Cl2Zr. The van der Waals surface area contributed by atoms with Crippen LogP contribution < -0.4 is 24.8 Å². The number of fused-ring (bicyclic) bond motifs is 4. The van der Waals surface area contributed by atoms with E-state index in [2.05, 4.69) is 82.3 Å². The first-order valence-electron chi connectivity index (χ1n) is 12.0. The normalized spacial score (nSPS) is 26.2.